The van der Waals surface area contributed by atoms with Gasteiger partial charge in [0.2, 0.25) is 11.6 Å². The molecule has 0 saturated carbocycles. The van der Waals surface area contributed by atoms with E-state index in [-0.39, 0.29) is 17.3 Å². The normalized spacial score (nSPS) is 10.4. The van der Waals surface area contributed by atoms with Gasteiger partial charge in [-0.1, -0.05) is 30.3 Å². The smallest absolute Gasteiger partial charge is 0.349 e. The standard InChI is InChI=1S/C15H14N6O2S/c1-20(9-11-5-3-2-4-6-11)14-12(21(22)23)13(17-10-18-14)19-15-16-7-8-24-15/h2-8,10H,9H2,1H3,(H,16,17,18,19). The third kappa shape index (κ3) is 3.46. The Bertz CT molecular complexity index is 825. The van der Waals surface area contributed by atoms with E-state index in [0.29, 0.717) is 11.7 Å². The Kier molecular flexibility index (Phi) is 4.62. The minimum atomic E-state index is -0.479. The van der Waals surface area contributed by atoms with Crippen LogP contribution in [0.25, 0.3) is 0 Å². The summed E-state index contributed by atoms with van der Waals surface area (Å²) in [6.45, 7) is 0.495. The molecule has 0 atom stereocenters. The molecule has 1 aromatic carbocycles. The molecule has 0 spiro atoms. The molecule has 0 unspecified atom stereocenters. The van der Waals surface area contributed by atoms with Crippen LogP contribution >= 0.6 is 11.3 Å². The van der Waals surface area contributed by atoms with E-state index in [9.17, 15) is 10.1 Å². The Morgan fingerprint density at radius 2 is 2.04 bits per heavy atom. The van der Waals surface area contributed by atoms with E-state index in [0.717, 1.165) is 5.56 Å². The minimum Gasteiger partial charge on any atom is -0.349 e. The van der Waals surface area contributed by atoms with Gasteiger partial charge < -0.3 is 10.2 Å². The number of hydrogen-bond donors (Lipinski definition) is 1. The molecule has 0 amide bonds. The first-order valence-corrected chi connectivity index (χ1v) is 7.94. The van der Waals surface area contributed by atoms with Crippen LogP contribution in [0.4, 0.5) is 22.5 Å². The predicted molar refractivity (Wildman–Crippen MR) is 92.6 cm³/mol. The van der Waals surface area contributed by atoms with E-state index in [4.69, 9.17) is 0 Å². The zero-order valence-corrected chi connectivity index (χ0v) is 13.6. The van der Waals surface area contributed by atoms with Crippen LogP contribution in [-0.4, -0.2) is 26.9 Å². The summed E-state index contributed by atoms with van der Waals surface area (Å²) in [5.74, 6) is 0.373. The van der Waals surface area contributed by atoms with Crippen LogP contribution in [0.2, 0.25) is 0 Å². The number of hydrogen-bond acceptors (Lipinski definition) is 8. The first-order chi connectivity index (χ1) is 11.6. The second-order valence-corrected chi connectivity index (χ2v) is 5.85. The Hall–Kier alpha value is -3.07. The fraction of sp³-hybridized carbons (Fsp3) is 0.133. The molecule has 0 fully saturated rings. The predicted octanol–water partition coefficient (Wildman–Crippen LogP) is 3.22. The number of nitrogens with one attached hydrogen (secondary N) is 1. The molecule has 3 rings (SSSR count). The molecule has 2 heterocycles. The summed E-state index contributed by atoms with van der Waals surface area (Å²) in [7, 11) is 1.76. The number of thiazole rings is 1. The Labute approximate surface area is 142 Å². The van der Waals surface area contributed by atoms with Crippen LogP contribution < -0.4 is 10.2 Å². The van der Waals surface area contributed by atoms with Gasteiger partial charge in [-0.3, -0.25) is 10.1 Å². The van der Waals surface area contributed by atoms with Crippen LogP contribution in [0.15, 0.2) is 48.2 Å². The summed E-state index contributed by atoms with van der Waals surface area (Å²) in [4.78, 5) is 25.0. The third-order valence-electron chi connectivity index (χ3n) is 3.27. The monoisotopic (exact) mass is 342 g/mol. The number of aromatic nitrogens is 3. The van der Waals surface area contributed by atoms with Crippen molar-refractivity contribution >= 4 is 33.8 Å². The topological polar surface area (TPSA) is 97.1 Å². The van der Waals surface area contributed by atoms with E-state index >= 15 is 0 Å². The molecule has 1 N–H and O–H groups in total. The molecule has 0 radical (unpaired) electrons. The summed E-state index contributed by atoms with van der Waals surface area (Å²) in [5, 5.41) is 16.8. The number of benzene rings is 1. The van der Waals surface area contributed by atoms with Crippen LogP contribution in [0.3, 0.4) is 0 Å². The molecule has 2 aromatic heterocycles. The van der Waals surface area contributed by atoms with E-state index in [1.54, 1.807) is 23.5 Å². The highest BCUT2D eigenvalue weighted by Gasteiger charge is 2.26. The van der Waals surface area contributed by atoms with Crippen molar-refractivity contribution in [1.29, 1.82) is 0 Å². The van der Waals surface area contributed by atoms with E-state index in [1.807, 2.05) is 30.3 Å². The molecule has 0 aliphatic heterocycles. The van der Waals surface area contributed by atoms with Gasteiger partial charge in [0.1, 0.15) is 6.33 Å². The van der Waals surface area contributed by atoms with Crippen molar-refractivity contribution in [3.05, 3.63) is 63.9 Å². The second-order valence-electron chi connectivity index (χ2n) is 4.96. The van der Waals surface area contributed by atoms with Gasteiger partial charge in [-0.25, -0.2) is 15.0 Å². The molecule has 0 bridgehead atoms. The lowest BCUT2D eigenvalue weighted by Gasteiger charge is -2.18. The molecule has 0 saturated heterocycles. The van der Waals surface area contributed by atoms with Crippen molar-refractivity contribution in [2.24, 2.45) is 0 Å². The average molecular weight is 342 g/mol. The largest absolute Gasteiger partial charge is 0.353 e. The zero-order chi connectivity index (χ0) is 16.9. The summed E-state index contributed by atoms with van der Waals surface area (Å²) in [6, 6.07) is 9.68. The maximum atomic E-state index is 11.6. The Balaban J connectivity index is 1.93. The quantitative estimate of drug-likeness (QED) is 0.542. The van der Waals surface area contributed by atoms with Crippen molar-refractivity contribution in [3.63, 3.8) is 0 Å². The van der Waals surface area contributed by atoms with Gasteiger partial charge in [-0.15, -0.1) is 11.3 Å². The molecule has 0 aliphatic carbocycles. The minimum absolute atomic E-state index is 0.125. The van der Waals surface area contributed by atoms with Gasteiger partial charge in [0, 0.05) is 25.2 Å². The van der Waals surface area contributed by atoms with Crippen LogP contribution in [0, 0.1) is 10.1 Å². The van der Waals surface area contributed by atoms with E-state index < -0.39 is 4.92 Å². The lowest BCUT2D eigenvalue weighted by Crippen LogP contribution is -2.20. The molecule has 24 heavy (non-hydrogen) atoms. The lowest BCUT2D eigenvalue weighted by molar-refractivity contribution is -0.383. The van der Waals surface area contributed by atoms with Crippen molar-refractivity contribution in [2.45, 2.75) is 6.54 Å². The van der Waals surface area contributed by atoms with Crippen LogP contribution in [0.5, 0.6) is 0 Å². The SMILES string of the molecule is CN(Cc1ccccc1)c1ncnc(Nc2nccs2)c1[N+](=O)[O-]. The lowest BCUT2D eigenvalue weighted by atomic mass is 10.2. The Morgan fingerprint density at radius 1 is 1.25 bits per heavy atom. The first-order valence-electron chi connectivity index (χ1n) is 7.06. The van der Waals surface area contributed by atoms with Gasteiger partial charge in [0.05, 0.1) is 4.92 Å². The van der Waals surface area contributed by atoms with Gasteiger partial charge in [-0.2, -0.15) is 0 Å². The summed E-state index contributed by atoms with van der Waals surface area (Å²) < 4.78 is 0. The highest BCUT2D eigenvalue weighted by molar-refractivity contribution is 7.13. The van der Waals surface area contributed by atoms with Gasteiger partial charge in [0.15, 0.2) is 5.13 Å². The molecule has 122 valence electrons. The fourth-order valence-electron chi connectivity index (χ4n) is 2.23. The van der Waals surface area contributed by atoms with Crippen molar-refractivity contribution in [1.82, 2.24) is 15.0 Å². The van der Waals surface area contributed by atoms with Crippen molar-refractivity contribution < 1.29 is 4.92 Å². The summed E-state index contributed by atoms with van der Waals surface area (Å²) in [6.07, 6.45) is 2.92. The fourth-order valence-corrected chi connectivity index (χ4v) is 2.75. The number of rotatable bonds is 6. The summed E-state index contributed by atoms with van der Waals surface area (Å²) in [5.41, 5.74) is 0.855. The molecule has 8 nitrogen and oxygen atoms in total. The maximum absolute atomic E-state index is 11.6. The van der Waals surface area contributed by atoms with Gasteiger partial charge in [-0.05, 0) is 5.56 Å². The van der Waals surface area contributed by atoms with Gasteiger partial charge in [0.25, 0.3) is 0 Å². The number of anilines is 3. The molecule has 9 heteroatoms. The third-order valence-corrected chi connectivity index (χ3v) is 3.96. The van der Waals surface area contributed by atoms with E-state index in [1.165, 1.54) is 17.7 Å². The average Bonchev–Trinajstić information content (AvgIpc) is 3.08. The second kappa shape index (κ2) is 7.01. The molecular weight excluding hydrogens is 328 g/mol. The Morgan fingerprint density at radius 3 is 2.71 bits per heavy atom. The van der Waals surface area contributed by atoms with E-state index in [2.05, 4.69) is 20.3 Å². The number of nitro groups is 1. The zero-order valence-electron chi connectivity index (χ0n) is 12.8. The molecule has 3 aromatic rings. The first kappa shape index (κ1) is 15.8. The van der Waals surface area contributed by atoms with Crippen molar-refractivity contribution in [3.8, 4) is 0 Å². The van der Waals surface area contributed by atoms with Crippen LogP contribution in [0.1, 0.15) is 5.56 Å². The highest BCUT2D eigenvalue weighted by atomic mass is 32.1. The highest BCUT2D eigenvalue weighted by Crippen LogP contribution is 2.33. The van der Waals surface area contributed by atoms with Crippen molar-refractivity contribution in [2.75, 3.05) is 17.3 Å². The van der Waals surface area contributed by atoms with Gasteiger partial charge >= 0.3 is 5.69 Å². The number of nitrogens with zero attached hydrogens (tertiary/aromatic N) is 5. The van der Waals surface area contributed by atoms with Crippen LogP contribution in [-0.2, 0) is 6.54 Å². The molecule has 0 aliphatic rings. The maximum Gasteiger partial charge on any atom is 0.353 e. The summed E-state index contributed by atoms with van der Waals surface area (Å²) >= 11 is 1.34. The molecular formula is C15H14N6O2S.